The van der Waals surface area contributed by atoms with Crippen molar-refractivity contribution < 1.29 is 14.1 Å². The molecule has 7 nitrogen and oxygen atoms in total. The number of benzene rings is 2. The first kappa shape index (κ1) is 32.8. The molecule has 0 aliphatic heterocycles. The van der Waals surface area contributed by atoms with Crippen molar-refractivity contribution in [1.82, 2.24) is 9.78 Å². The summed E-state index contributed by atoms with van der Waals surface area (Å²) in [5.41, 5.74) is 5.40. The summed E-state index contributed by atoms with van der Waals surface area (Å²) in [7, 11) is -3.68. The summed E-state index contributed by atoms with van der Waals surface area (Å²) in [4.78, 5) is 13.5. The van der Waals surface area contributed by atoms with Crippen LogP contribution in [-0.2, 0) is 33.2 Å². The summed E-state index contributed by atoms with van der Waals surface area (Å²) in [5, 5.41) is 21.4. The lowest BCUT2D eigenvalue weighted by Crippen LogP contribution is -2.20. The SMILES string of the molecule is C=C(Cc1cc(C(C)C)c(CC(=O)N=S(N)(=O)c2cc(C(C)(C)O)n(-c3ccccc3)n2)c(C(C)C)c1)C1CCCCC1. The van der Waals surface area contributed by atoms with E-state index in [9.17, 15) is 14.1 Å². The number of carbonyl (C=O) groups is 1. The molecule has 2 aromatic carbocycles. The molecule has 1 aliphatic carbocycles. The number of hydrogen-bond donors (Lipinski definition) is 2. The van der Waals surface area contributed by atoms with Gasteiger partial charge in [0.2, 0.25) is 0 Å². The molecule has 8 heteroatoms. The van der Waals surface area contributed by atoms with Gasteiger partial charge < -0.3 is 5.11 Å². The minimum absolute atomic E-state index is 0.00316. The highest BCUT2D eigenvalue weighted by molar-refractivity contribution is 7.91. The van der Waals surface area contributed by atoms with Crippen LogP contribution in [0.2, 0.25) is 0 Å². The van der Waals surface area contributed by atoms with Gasteiger partial charge in [0.15, 0.2) is 14.9 Å². The third-order valence-electron chi connectivity index (χ3n) is 8.42. The van der Waals surface area contributed by atoms with Crippen LogP contribution in [-0.4, -0.2) is 25.0 Å². The quantitative estimate of drug-likeness (QED) is 0.234. The fraction of sp³-hybridized carbons (Fsp3) is 0.486. The van der Waals surface area contributed by atoms with Crippen LogP contribution < -0.4 is 5.14 Å². The molecule has 3 aromatic rings. The average molecular weight is 605 g/mol. The normalized spacial score (nSPS) is 16.0. The van der Waals surface area contributed by atoms with Crippen LogP contribution in [0.15, 0.2) is 70.1 Å². The van der Waals surface area contributed by atoms with Crippen LogP contribution >= 0.6 is 0 Å². The number of hydrogen-bond acceptors (Lipinski definition) is 4. The minimum Gasteiger partial charge on any atom is -0.384 e. The maximum Gasteiger partial charge on any atom is 0.259 e. The summed E-state index contributed by atoms with van der Waals surface area (Å²) in [5.74, 6) is 0.385. The highest BCUT2D eigenvalue weighted by Crippen LogP contribution is 2.34. The Bertz CT molecular complexity index is 1550. The van der Waals surface area contributed by atoms with E-state index >= 15 is 0 Å². The number of carbonyl (C=O) groups excluding carboxylic acids is 1. The molecule has 0 radical (unpaired) electrons. The minimum atomic E-state index is -3.68. The third-order valence-corrected chi connectivity index (χ3v) is 9.69. The van der Waals surface area contributed by atoms with Gasteiger partial charge in [-0.2, -0.15) is 5.10 Å². The predicted molar refractivity (Wildman–Crippen MR) is 175 cm³/mol. The second kappa shape index (κ2) is 13.3. The summed E-state index contributed by atoms with van der Waals surface area (Å²) < 4.78 is 19.2. The molecule has 0 bridgehead atoms. The van der Waals surface area contributed by atoms with Gasteiger partial charge in [-0.1, -0.05) is 89.4 Å². The monoisotopic (exact) mass is 604 g/mol. The Morgan fingerprint density at radius 3 is 2.16 bits per heavy atom. The lowest BCUT2D eigenvalue weighted by Gasteiger charge is -2.25. The van der Waals surface area contributed by atoms with Gasteiger partial charge in [-0.05, 0) is 85.3 Å². The average Bonchev–Trinajstić information content (AvgIpc) is 3.42. The van der Waals surface area contributed by atoms with Crippen LogP contribution in [0.25, 0.3) is 5.69 Å². The van der Waals surface area contributed by atoms with Gasteiger partial charge in [0.1, 0.15) is 5.60 Å². The highest BCUT2D eigenvalue weighted by Gasteiger charge is 2.27. The van der Waals surface area contributed by atoms with Gasteiger partial charge >= 0.3 is 0 Å². The van der Waals surface area contributed by atoms with Gasteiger partial charge in [0.05, 0.1) is 17.8 Å². The number of rotatable bonds is 10. The van der Waals surface area contributed by atoms with Gasteiger partial charge in [-0.3, -0.25) is 4.79 Å². The molecular weight excluding hydrogens is 556 g/mol. The zero-order valence-corrected chi connectivity index (χ0v) is 27.4. The molecule has 1 amide bonds. The largest absolute Gasteiger partial charge is 0.384 e. The molecule has 1 fully saturated rings. The molecule has 1 heterocycles. The number of para-hydroxylation sites is 1. The van der Waals surface area contributed by atoms with E-state index in [0.29, 0.717) is 17.3 Å². The Hall–Kier alpha value is -3.07. The van der Waals surface area contributed by atoms with E-state index in [1.807, 2.05) is 30.3 Å². The maximum absolute atomic E-state index is 13.7. The van der Waals surface area contributed by atoms with Crippen LogP contribution in [0.5, 0.6) is 0 Å². The zero-order chi connectivity index (χ0) is 31.5. The standard InChI is InChI=1S/C35H48N4O3S/c1-23(2)29-19-26(18-25(5)27-14-10-8-11-15-27)20-30(24(3)4)31(29)21-33(40)38-43(36,42)34-22-32(35(6,7)41)39(37-34)28-16-12-9-13-17-28/h9,12-13,16-17,19-20,22-24,27,41H,5,8,10-11,14-15,18,21H2,1-4,6-7H3,(H2,36,38,40,42). The molecule has 43 heavy (non-hydrogen) atoms. The third kappa shape index (κ3) is 7.91. The van der Waals surface area contributed by atoms with Crippen molar-refractivity contribution in [1.29, 1.82) is 0 Å². The van der Waals surface area contributed by atoms with E-state index < -0.39 is 21.4 Å². The summed E-state index contributed by atoms with van der Waals surface area (Å²) >= 11 is 0. The maximum atomic E-state index is 13.7. The van der Waals surface area contributed by atoms with Gasteiger partial charge in [-0.15, -0.1) is 4.36 Å². The molecule has 1 aromatic heterocycles. The molecule has 1 saturated carbocycles. The predicted octanol–water partition coefficient (Wildman–Crippen LogP) is 7.50. The Morgan fingerprint density at radius 2 is 1.63 bits per heavy atom. The van der Waals surface area contributed by atoms with Crippen molar-refractivity contribution in [2.75, 3.05) is 0 Å². The van der Waals surface area contributed by atoms with Crippen molar-refractivity contribution in [3.8, 4) is 5.69 Å². The summed E-state index contributed by atoms with van der Waals surface area (Å²) in [6.45, 7) is 16.2. The molecular formula is C35H48N4O3S. The lowest BCUT2D eigenvalue weighted by atomic mass is 9.80. The molecule has 232 valence electrons. The highest BCUT2D eigenvalue weighted by atomic mass is 32.2. The number of allylic oxidation sites excluding steroid dienone is 1. The zero-order valence-electron chi connectivity index (χ0n) is 26.6. The molecule has 1 aliphatic rings. The fourth-order valence-electron chi connectivity index (χ4n) is 6.12. The molecule has 3 N–H and O–H groups in total. The molecule has 0 saturated heterocycles. The molecule has 1 atom stereocenters. The van der Waals surface area contributed by atoms with Crippen molar-refractivity contribution >= 4 is 15.8 Å². The first-order valence-corrected chi connectivity index (χ1v) is 17.0. The number of nitrogens with zero attached hydrogens (tertiary/aromatic N) is 3. The Morgan fingerprint density at radius 1 is 1.05 bits per heavy atom. The van der Waals surface area contributed by atoms with Gasteiger partial charge in [0.25, 0.3) is 5.91 Å². The fourth-order valence-corrected chi connectivity index (χ4v) is 7.06. The Balaban J connectivity index is 1.68. The van der Waals surface area contributed by atoms with E-state index in [-0.39, 0.29) is 23.3 Å². The van der Waals surface area contributed by atoms with Crippen molar-refractivity contribution in [2.45, 2.75) is 109 Å². The van der Waals surface area contributed by atoms with Crippen molar-refractivity contribution in [3.05, 3.63) is 88.6 Å². The van der Waals surface area contributed by atoms with Gasteiger partial charge in [-0.25, -0.2) is 14.0 Å². The molecule has 0 spiro atoms. The topological polar surface area (TPSA) is 111 Å². The second-order valence-corrected chi connectivity index (χ2v) is 14.9. The van der Waals surface area contributed by atoms with Crippen LogP contribution in [0.1, 0.15) is 113 Å². The first-order valence-electron chi connectivity index (χ1n) is 15.5. The Kier molecular flexibility index (Phi) is 10.1. The van der Waals surface area contributed by atoms with E-state index in [1.54, 1.807) is 13.8 Å². The molecule has 1 unspecified atom stereocenters. The Labute approximate surface area is 257 Å². The van der Waals surface area contributed by atoms with Crippen LogP contribution in [0, 0.1) is 5.92 Å². The number of aromatic nitrogens is 2. The summed E-state index contributed by atoms with van der Waals surface area (Å²) in [6.07, 6.45) is 7.15. The van der Waals surface area contributed by atoms with E-state index in [0.717, 1.165) is 23.1 Å². The summed E-state index contributed by atoms with van der Waals surface area (Å²) in [6, 6.07) is 15.1. The van der Waals surface area contributed by atoms with Crippen molar-refractivity contribution in [3.63, 3.8) is 0 Å². The molecule has 4 rings (SSSR count). The number of amides is 1. The van der Waals surface area contributed by atoms with E-state index in [2.05, 4.69) is 55.9 Å². The lowest BCUT2D eigenvalue weighted by molar-refractivity contribution is -0.117. The van der Waals surface area contributed by atoms with E-state index in [4.69, 9.17) is 5.14 Å². The van der Waals surface area contributed by atoms with E-state index in [1.165, 1.54) is 54.0 Å². The smallest absolute Gasteiger partial charge is 0.259 e. The number of nitrogens with two attached hydrogens (primary N) is 1. The van der Waals surface area contributed by atoms with Crippen LogP contribution in [0.3, 0.4) is 0 Å². The van der Waals surface area contributed by atoms with Crippen LogP contribution in [0.4, 0.5) is 0 Å². The van der Waals surface area contributed by atoms with Gasteiger partial charge in [0, 0.05) is 6.07 Å². The second-order valence-electron chi connectivity index (χ2n) is 13.1. The van der Waals surface area contributed by atoms with Crippen molar-refractivity contribution in [2.24, 2.45) is 15.4 Å². The first-order chi connectivity index (χ1) is 20.2. The number of aliphatic hydroxyl groups is 1.